The van der Waals surface area contributed by atoms with Gasteiger partial charge in [0.25, 0.3) is 0 Å². The molecular weight excluding hydrogens is 290 g/mol. The highest BCUT2D eigenvalue weighted by atomic mass is 16.6. The van der Waals surface area contributed by atoms with Crippen LogP contribution in [-0.2, 0) is 19.1 Å². The first-order chi connectivity index (χ1) is 9.77. The number of amides is 1. The second kappa shape index (κ2) is 7.31. The summed E-state index contributed by atoms with van der Waals surface area (Å²) >= 11 is 0. The van der Waals surface area contributed by atoms with Gasteiger partial charge in [0.05, 0.1) is 6.61 Å². The monoisotopic (exact) mass is 307 g/mol. The van der Waals surface area contributed by atoms with Crippen LogP contribution in [0.5, 0.6) is 0 Å². The Balaban J connectivity index is 2.71. The van der Waals surface area contributed by atoms with Crippen LogP contribution in [-0.4, -0.2) is 80.4 Å². The molecule has 0 unspecified atom stereocenters. The minimum atomic E-state index is -2.15. The highest BCUT2D eigenvalue weighted by Crippen LogP contribution is 2.13. The third kappa shape index (κ3) is 4.36. The summed E-state index contributed by atoms with van der Waals surface area (Å²) in [5.41, 5.74) is 0. The maximum Gasteiger partial charge on any atom is 0.347 e. The van der Waals surface area contributed by atoms with Gasteiger partial charge in [0.1, 0.15) is 24.4 Å². The average Bonchev–Trinajstić information content (AvgIpc) is 2.88. The number of aliphatic hydroxyl groups excluding tert-OH is 4. The number of carbonyl (C=O) groups excluding carboxylic acids is 2. The quantitative estimate of drug-likeness (QED) is 0.259. The topological polar surface area (TPSA) is 174 Å². The predicted octanol–water partition coefficient (Wildman–Crippen LogP) is -3.66. The van der Waals surface area contributed by atoms with Crippen molar-refractivity contribution in [2.45, 2.75) is 43.3 Å². The molecule has 21 heavy (non-hydrogen) atoms. The lowest BCUT2D eigenvalue weighted by atomic mass is 10.0. The summed E-state index contributed by atoms with van der Waals surface area (Å²) < 4.78 is 4.57. The molecule has 1 rings (SSSR count). The van der Waals surface area contributed by atoms with E-state index in [1.807, 2.05) is 0 Å². The molecule has 0 aliphatic carbocycles. The summed E-state index contributed by atoms with van der Waals surface area (Å²) in [5.74, 6) is -3.21. The second-order valence-electron chi connectivity index (χ2n) is 4.59. The summed E-state index contributed by atoms with van der Waals surface area (Å²) in [7, 11) is 0. The highest BCUT2D eigenvalue weighted by Gasteiger charge is 2.40. The Labute approximate surface area is 119 Å². The van der Waals surface area contributed by atoms with E-state index in [4.69, 9.17) is 15.3 Å². The third-order valence-electron chi connectivity index (χ3n) is 3.01. The molecule has 0 aromatic carbocycles. The fraction of sp³-hybridized carbons (Fsp3) is 0.727. The molecule has 0 aromatic heterocycles. The molecule has 1 aliphatic rings. The molecule has 10 heteroatoms. The number of carboxylic acid groups (broad SMARTS) is 1. The average molecular weight is 307 g/mol. The first kappa shape index (κ1) is 17.3. The van der Waals surface area contributed by atoms with Gasteiger partial charge in [-0.2, -0.15) is 0 Å². The molecule has 1 fully saturated rings. The van der Waals surface area contributed by atoms with Crippen LogP contribution in [0, 0.1) is 0 Å². The van der Waals surface area contributed by atoms with Gasteiger partial charge < -0.3 is 35.6 Å². The number of carboxylic acids is 1. The first-order valence-electron chi connectivity index (χ1n) is 6.15. The zero-order valence-corrected chi connectivity index (χ0v) is 10.9. The summed E-state index contributed by atoms with van der Waals surface area (Å²) in [4.78, 5) is 33.6. The van der Waals surface area contributed by atoms with E-state index in [0.717, 1.165) is 0 Å². The predicted molar refractivity (Wildman–Crippen MR) is 63.8 cm³/mol. The molecule has 0 saturated carbocycles. The molecule has 0 spiro atoms. The van der Waals surface area contributed by atoms with E-state index in [2.05, 4.69) is 10.1 Å². The van der Waals surface area contributed by atoms with Crippen LogP contribution < -0.4 is 5.32 Å². The van der Waals surface area contributed by atoms with Crippen molar-refractivity contribution in [1.29, 1.82) is 0 Å². The van der Waals surface area contributed by atoms with E-state index in [9.17, 15) is 24.6 Å². The summed E-state index contributed by atoms with van der Waals surface area (Å²) in [6.07, 6.45) is -7.90. The van der Waals surface area contributed by atoms with Gasteiger partial charge >= 0.3 is 11.9 Å². The van der Waals surface area contributed by atoms with Crippen LogP contribution in [0.3, 0.4) is 0 Å². The Hall–Kier alpha value is -1.75. The van der Waals surface area contributed by atoms with E-state index < -0.39 is 49.0 Å². The molecule has 120 valence electrons. The van der Waals surface area contributed by atoms with Crippen LogP contribution >= 0.6 is 0 Å². The molecule has 1 amide bonds. The first-order valence-corrected chi connectivity index (χ1v) is 6.15. The standard InChI is InChI=1S/C11H17NO9/c13-3-5(14)7(16)8(17)9(10(18)19)21-11(20)4-1-2-6(15)12-4/h4-5,7-9,13-14,16-17H,1-3H2,(H,12,15)(H,18,19)/t4-,5+,7+,8-,9+/m0/s1. The van der Waals surface area contributed by atoms with Crippen LogP contribution in [0.1, 0.15) is 12.8 Å². The zero-order chi connectivity index (χ0) is 16.2. The molecule has 0 bridgehead atoms. The van der Waals surface area contributed by atoms with E-state index in [1.165, 1.54) is 0 Å². The Morgan fingerprint density at radius 3 is 2.33 bits per heavy atom. The molecular formula is C11H17NO9. The van der Waals surface area contributed by atoms with Gasteiger partial charge in [0.15, 0.2) is 0 Å². The maximum absolute atomic E-state index is 11.7. The number of nitrogens with one attached hydrogen (secondary N) is 1. The van der Waals surface area contributed by atoms with Crippen molar-refractivity contribution in [3.63, 3.8) is 0 Å². The van der Waals surface area contributed by atoms with Gasteiger partial charge in [-0.1, -0.05) is 0 Å². The Morgan fingerprint density at radius 1 is 1.29 bits per heavy atom. The molecule has 5 atom stereocenters. The Bertz CT molecular complexity index is 412. The maximum atomic E-state index is 11.7. The number of esters is 1. The van der Waals surface area contributed by atoms with Crippen molar-refractivity contribution < 1.29 is 44.7 Å². The fourth-order valence-electron chi connectivity index (χ4n) is 1.78. The van der Waals surface area contributed by atoms with Crippen molar-refractivity contribution >= 4 is 17.8 Å². The number of aliphatic carboxylic acids is 1. The lowest BCUT2D eigenvalue weighted by Gasteiger charge is -2.26. The van der Waals surface area contributed by atoms with Crippen LogP contribution in [0.15, 0.2) is 0 Å². The summed E-state index contributed by atoms with van der Waals surface area (Å²) in [6, 6.07) is -1.02. The van der Waals surface area contributed by atoms with Gasteiger partial charge in [0, 0.05) is 6.42 Å². The van der Waals surface area contributed by atoms with Crippen molar-refractivity contribution in [1.82, 2.24) is 5.32 Å². The molecule has 1 aliphatic heterocycles. The molecule has 1 heterocycles. The van der Waals surface area contributed by atoms with Crippen molar-refractivity contribution in [3.05, 3.63) is 0 Å². The van der Waals surface area contributed by atoms with Crippen molar-refractivity contribution in [2.75, 3.05) is 6.61 Å². The zero-order valence-electron chi connectivity index (χ0n) is 10.9. The largest absolute Gasteiger partial charge is 0.478 e. The smallest absolute Gasteiger partial charge is 0.347 e. The lowest BCUT2D eigenvalue weighted by molar-refractivity contribution is -0.183. The summed E-state index contributed by atoms with van der Waals surface area (Å²) in [5, 5.41) is 48.0. The molecule has 6 N–H and O–H groups in total. The lowest BCUT2D eigenvalue weighted by Crippen LogP contribution is -2.51. The number of rotatable bonds is 7. The number of hydrogen-bond donors (Lipinski definition) is 6. The Morgan fingerprint density at radius 2 is 1.90 bits per heavy atom. The number of aliphatic hydroxyl groups is 4. The van der Waals surface area contributed by atoms with Gasteiger partial charge in [-0.05, 0) is 6.42 Å². The van der Waals surface area contributed by atoms with Crippen molar-refractivity contribution in [3.8, 4) is 0 Å². The van der Waals surface area contributed by atoms with E-state index in [0.29, 0.717) is 0 Å². The minimum absolute atomic E-state index is 0.0892. The van der Waals surface area contributed by atoms with Gasteiger partial charge in [-0.15, -0.1) is 0 Å². The van der Waals surface area contributed by atoms with Crippen LogP contribution in [0.2, 0.25) is 0 Å². The Kier molecular flexibility index (Phi) is 6.03. The minimum Gasteiger partial charge on any atom is -0.478 e. The molecule has 10 nitrogen and oxygen atoms in total. The molecule has 0 radical (unpaired) electrons. The van der Waals surface area contributed by atoms with Gasteiger partial charge in [-0.25, -0.2) is 9.59 Å². The second-order valence-corrected chi connectivity index (χ2v) is 4.59. The van der Waals surface area contributed by atoms with E-state index >= 15 is 0 Å². The molecule has 1 saturated heterocycles. The number of hydrogen-bond acceptors (Lipinski definition) is 8. The van der Waals surface area contributed by atoms with Crippen LogP contribution in [0.25, 0.3) is 0 Å². The fourth-order valence-corrected chi connectivity index (χ4v) is 1.78. The number of ether oxygens (including phenoxy) is 1. The van der Waals surface area contributed by atoms with Crippen molar-refractivity contribution in [2.24, 2.45) is 0 Å². The highest BCUT2D eigenvalue weighted by molar-refractivity contribution is 5.89. The van der Waals surface area contributed by atoms with Gasteiger partial charge in [0.2, 0.25) is 12.0 Å². The molecule has 0 aromatic rings. The number of carbonyl (C=O) groups is 3. The SMILES string of the molecule is O=C1CC[C@@H](C(=O)O[C@@H](C(=O)O)[C@@H](O)[C@H](O)[C@H](O)CO)N1. The normalized spacial score (nSPS) is 23.8. The van der Waals surface area contributed by atoms with Crippen LogP contribution in [0.4, 0.5) is 0 Å². The third-order valence-corrected chi connectivity index (χ3v) is 3.01. The van der Waals surface area contributed by atoms with Gasteiger partial charge in [-0.3, -0.25) is 4.79 Å². The van der Waals surface area contributed by atoms with E-state index in [-0.39, 0.29) is 18.7 Å². The van der Waals surface area contributed by atoms with E-state index in [1.54, 1.807) is 0 Å². The summed E-state index contributed by atoms with van der Waals surface area (Å²) in [6.45, 7) is -0.919.